The summed E-state index contributed by atoms with van der Waals surface area (Å²) in [6.07, 6.45) is -4.36. The molecular weight excluding hydrogens is 235 g/mol. The predicted molar refractivity (Wildman–Crippen MR) is 56.2 cm³/mol. The average Bonchev–Trinajstić information content (AvgIpc) is 2.28. The third kappa shape index (κ3) is 2.46. The predicted octanol–water partition coefficient (Wildman–Crippen LogP) is 1.90. The first-order valence-corrected chi connectivity index (χ1v) is 5.22. The van der Waals surface area contributed by atoms with Crippen LogP contribution in [0.25, 0.3) is 0 Å². The molecule has 1 aromatic rings. The van der Waals surface area contributed by atoms with Crippen LogP contribution in [-0.4, -0.2) is 31.4 Å². The van der Waals surface area contributed by atoms with Crippen LogP contribution in [0.5, 0.6) is 5.75 Å². The van der Waals surface area contributed by atoms with Crippen molar-refractivity contribution in [2.75, 3.05) is 31.2 Å². The molecule has 1 N–H and O–H groups in total. The first-order valence-electron chi connectivity index (χ1n) is 5.22. The molecule has 0 amide bonds. The lowest BCUT2D eigenvalue weighted by Crippen LogP contribution is -2.34. The molecule has 17 heavy (non-hydrogen) atoms. The number of β-amino-alcohol motifs (C(OH)–C–C–N with tert-alkyl or cyclic N) is 1. The number of fused-ring (bicyclic) bond motifs is 1. The van der Waals surface area contributed by atoms with Gasteiger partial charge in [0.1, 0.15) is 12.4 Å². The van der Waals surface area contributed by atoms with E-state index in [0.717, 1.165) is 12.1 Å². The van der Waals surface area contributed by atoms with E-state index < -0.39 is 11.7 Å². The lowest BCUT2D eigenvalue weighted by atomic mass is 10.1. The molecule has 1 heterocycles. The van der Waals surface area contributed by atoms with Gasteiger partial charge in [0.05, 0.1) is 24.4 Å². The Hall–Kier alpha value is -1.43. The number of benzene rings is 1. The Morgan fingerprint density at radius 2 is 2.12 bits per heavy atom. The second-order valence-electron chi connectivity index (χ2n) is 3.74. The van der Waals surface area contributed by atoms with Crippen LogP contribution in [0.3, 0.4) is 0 Å². The maximum atomic E-state index is 12.5. The van der Waals surface area contributed by atoms with Crippen molar-refractivity contribution in [3.05, 3.63) is 23.8 Å². The molecule has 1 aliphatic rings. The highest BCUT2D eigenvalue weighted by atomic mass is 19.4. The molecule has 0 atom stereocenters. The highest BCUT2D eigenvalue weighted by Crippen LogP contribution is 2.37. The molecule has 0 spiro atoms. The Labute approximate surface area is 96.4 Å². The van der Waals surface area contributed by atoms with Gasteiger partial charge in [0.15, 0.2) is 0 Å². The zero-order chi connectivity index (χ0) is 12.5. The molecule has 0 unspecified atom stereocenters. The fourth-order valence-electron chi connectivity index (χ4n) is 1.81. The molecule has 3 nitrogen and oxygen atoms in total. The van der Waals surface area contributed by atoms with Crippen LogP contribution < -0.4 is 9.64 Å². The number of anilines is 1. The van der Waals surface area contributed by atoms with Gasteiger partial charge < -0.3 is 14.7 Å². The lowest BCUT2D eigenvalue weighted by molar-refractivity contribution is -0.137. The van der Waals surface area contributed by atoms with Crippen LogP contribution in [0.15, 0.2) is 18.2 Å². The van der Waals surface area contributed by atoms with Gasteiger partial charge in [0.25, 0.3) is 0 Å². The molecule has 0 fully saturated rings. The van der Waals surface area contributed by atoms with Crippen LogP contribution in [-0.2, 0) is 6.18 Å². The number of rotatable bonds is 2. The third-order valence-corrected chi connectivity index (χ3v) is 2.62. The Morgan fingerprint density at radius 1 is 1.35 bits per heavy atom. The van der Waals surface area contributed by atoms with E-state index in [9.17, 15) is 13.2 Å². The van der Waals surface area contributed by atoms with Crippen molar-refractivity contribution in [3.63, 3.8) is 0 Å². The lowest BCUT2D eigenvalue weighted by Gasteiger charge is -2.31. The summed E-state index contributed by atoms with van der Waals surface area (Å²) < 4.78 is 42.7. The summed E-state index contributed by atoms with van der Waals surface area (Å²) in [5.74, 6) is 0.222. The number of halogens is 3. The molecule has 0 bridgehead atoms. The molecule has 2 rings (SSSR count). The quantitative estimate of drug-likeness (QED) is 0.866. The van der Waals surface area contributed by atoms with E-state index >= 15 is 0 Å². The number of hydrogen-bond acceptors (Lipinski definition) is 3. The zero-order valence-electron chi connectivity index (χ0n) is 9.00. The van der Waals surface area contributed by atoms with Crippen molar-refractivity contribution >= 4 is 5.69 Å². The number of hydrogen-bond donors (Lipinski definition) is 1. The number of nitrogens with zero attached hydrogens (tertiary/aromatic N) is 1. The Kier molecular flexibility index (Phi) is 3.15. The maximum Gasteiger partial charge on any atom is 0.416 e. The second kappa shape index (κ2) is 4.44. The molecule has 0 saturated carbocycles. The van der Waals surface area contributed by atoms with Crippen molar-refractivity contribution in [1.82, 2.24) is 0 Å². The number of aliphatic hydroxyl groups excluding tert-OH is 1. The van der Waals surface area contributed by atoms with Crippen molar-refractivity contribution in [1.29, 1.82) is 0 Å². The van der Waals surface area contributed by atoms with Gasteiger partial charge in [-0.05, 0) is 18.2 Å². The summed E-state index contributed by atoms with van der Waals surface area (Å²) in [6.45, 7) is 1.25. The van der Waals surface area contributed by atoms with Gasteiger partial charge in [0, 0.05) is 6.54 Å². The third-order valence-electron chi connectivity index (χ3n) is 2.62. The molecule has 1 aliphatic heterocycles. The van der Waals surface area contributed by atoms with Gasteiger partial charge in [-0.25, -0.2) is 0 Å². The number of ether oxygens (including phenoxy) is 1. The van der Waals surface area contributed by atoms with Gasteiger partial charge in [-0.3, -0.25) is 0 Å². The fraction of sp³-hybridized carbons (Fsp3) is 0.455. The van der Waals surface area contributed by atoms with Gasteiger partial charge >= 0.3 is 6.18 Å². The summed E-state index contributed by atoms with van der Waals surface area (Å²) in [7, 11) is 0. The average molecular weight is 247 g/mol. The van der Waals surface area contributed by atoms with E-state index in [4.69, 9.17) is 9.84 Å². The minimum atomic E-state index is -4.36. The van der Waals surface area contributed by atoms with E-state index in [1.807, 2.05) is 0 Å². The molecule has 1 aromatic carbocycles. The Balaban J connectivity index is 2.33. The standard InChI is InChI=1S/C11H12F3NO2/c12-11(13,14)8-1-2-9-10(7-8)17-6-4-15(9)3-5-16/h1-2,7,16H,3-6H2. The van der Waals surface area contributed by atoms with Crippen LogP contribution >= 0.6 is 0 Å². The van der Waals surface area contributed by atoms with Gasteiger partial charge in [-0.2, -0.15) is 13.2 Å². The molecule has 0 saturated heterocycles. The molecule has 0 radical (unpaired) electrons. The summed E-state index contributed by atoms with van der Waals surface area (Å²) in [4.78, 5) is 1.80. The minimum Gasteiger partial charge on any atom is -0.490 e. The Bertz CT molecular complexity index is 406. The monoisotopic (exact) mass is 247 g/mol. The van der Waals surface area contributed by atoms with Crippen LogP contribution in [0, 0.1) is 0 Å². The number of aliphatic hydroxyl groups is 1. The van der Waals surface area contributed by atoms with E-state index in [-0.39, 0.29) is 12.4 Å². The van der Waals surface area contributed by atoms with Gasteiger partial charge in [-0.15, -0.1) is 0 Å². The topological polar surface area (TPSA) is 32.7 Å². The summed E-state index contributed by atoms with van der Waals surface area (Å²) in [5.41, 5.74) is -0.125. The normalized spacial score (nSPS) is 15.4. The Morgan fingerprint density at radius 3 is 2.76 bits per heavy atom. The van der Waals surface area contributed by atoms with Crippen molar-refractivity contribution in [3.8, 4) is 5.75 Å². The zero-order valence-corrected chi connectivity index (χ0v) is 9.00. The molecule has 0 aliphatic carbocycles. The van der Waals surface area contributed by atoms with Gasteiger partial charge in [-0.1, -0.05) is 0 Å². The number of alkyl halides is 3. The second-order valence-corrected chi connectivity index (χ2v) is 3.74. The van der Waals surface area contributed by atoms with Crippen molar-refractivity contribution < 1.29 is 23.0 Å². The summed E-state index contributed by atoms with van der Waals surface area (Å²) >= 11 is 0. The minimum absolute atomic E-state index is 0.0412. The van der Waals surface area contributed by atoms with Crippen molar-refractivity contribution in [2.24, 2.45) is 0 Å². The smallest absolute Gasteiger partial charge is 0.416 e. The van der Waals surface area contributed by atoms with E-state index in [0.29, 0.717) is 25.4 Å². The largest absolute Gasteiger partial charge is 0.490 e. The highest BCUT2D eigenvalue weighted by molar-refractivity contribution is 5.61. The van der Waals surface area contributed by atoms with Crippen LogP contribution in [0.2, 0.25) is 0 Å². The van der Waals surface area contributed by atoms with Gasteiger partial charge in [0.2, 0.25) is 0 Å². The highest BCUT2D eigenvalue weighted by Gasteiger charge is 2.32. The van der Waals surface area contributed by atoms with Crippen molar-refractivity contribution in [2.45, 2.75) is 6.18 Å². The van der Waals surface area contributed by atoms with E-state index in [2.05, 4.69) is 0 Å². The first-order chi connectivity index (χ1) is 8.02. The van der Waals surface area contributed by atoms with Crippen LogP contribution in [0.1, 0.15) is 5.56 Å². The van der Waals surface area contributed by atoms with E-state index in [1.165, 1.54) is 6.07 Å². The SMILES string of the molecule is OCCN1CCOc2cc(C(F)(F)F)ccc21. The molecule has 6 heteroatoms. The molecule has 94 valence electrons. The molecule has 0 aromatic heterocycles. The van der Waals surface area contributed by atoms with E-state index in [1.54, 1.807) is 4.90 Å². The van der Waals surface area contributed by atoms with Crippen LogP contribution in [0.4, 0.5) is 18.9 Å². The molecular formula is C11H12F3NO2. The summed E-state index contributed by atoms with van der Waals surface area (Å²) in [6, 6.07) is 3.41. The summed E-state index contributed by atoms with van der Waals surface area (Å²) in [5, 5.41) is 8.87. The maximum absolute atomic E-state index is 12.5. The first kappa shape index (κ1) is 12.0. The fourth-order valence-corrected chi connectivity index (χ4v) is 1.81.